The standard InChI is InChI=1S/C18H29NO4/c1-5-16(23-14-8-6-7-9-14)17(20)19-11-18(4,21)15-10-12(2)22-13(15)3/h10,14,16,21H,5-9,11H2,1-4H3,(H,19,20). The zero-order chi connectivity index (χ0) is 17.0. The Bertz CT molecular complexity index is 529. The molecule has 2 atom stereocenters. The van der Waals surface area contributed by atoms with Crippen molar-refractivity contribution in [2.24, 2.45) is 0 Å². The van der Waals surface area contributed by atoms with Crippen LogP contribution in [0.4, 0.5) is 0 Å². The smallest absolute Gasteiger partial charge is 0.249 e. The zero-order valence-corrected chi connectivity index (χ0v) is 14.6. The van der Waals surface area contributed by atoms with Crippen molar-refractivity contribution in [3.63, 3.8) is 0 Å². The van der Waals surface area contributed by atoms with Crippen molar-refractivity contribution in [2.45, 2.75) is 77.6 Å². The topological polar surface area (TPSA) is 71.7 Å². The van der Waals surface area contributed by atoms with Crippen LogP contribution in [0.15, 0.2) is 10.5 Å². The van der Waals surface area contributed by atoms with Crippen LogP contribution < -0.4 is 5.32 Å². The fraction of sp³-hybridized carbons (Fsp3) is 0.722. The first kappa shape index (κ1) is 18.0. The van der Waals surface area contributed by atoms with Crippen molar-refractivity contribution in [3.05, 3.63) is 23.2 Å². The molecule has 0 spiro atoms. The summed E-state index contributed by atoms with van der Waals surface area (Å²) in [6.07, 6.45) is 4.82. The number of hydrogen-bond acceptors (Lipinski definition) is 4. The molecule has 1 aromatic rings. The first-order valence-electron chi connectivity index (χ1n) is 8.56. The molecule has 1 aliphatic carbocycles. The molecule has 2 rings (SSSR count). The Morgan fingerprint density at radius 3 is 2.65 bits per heavy atom. The number of carbonyl (C=O) groups is 1. The molecule has 1 heterocycles. The van der Waals surface area contributed by atoms with Crippen molar-refractivity contribution < 1.29 is 19.1 Å². The van der Waals surface area contributed by atoms with Crippen LogP contribution in [0.25, 0.3) is 0 Å². The monoisotopic (exact) mass is 323 g/mol. The molecule has 2 unspecified atom stereocenters. The summed E-state index contributed by atoms with van der Waals surface area (Å²) in [5.74, 6) is 1.27. The van der Waals surface area contributed by atoms with E-state index >= 15 is 0 Å². The molecule has 0 aromatic carbocycles. The highest BCUT2D eigenvalue weighted by molar-refractivity contribution is 5.80. The highest BCUT2D eigenvalue weighted by Gasteiger charge is 2.30. The van der Waals surface area contributed by atoms with E-state index in [2.05, 4.69) is 5.32 Å². The van der Waals surface area contributed by atoms with Crippen LogP contribution in [0.1, 0.15) is 63.0 Å². The number of nitrogens with one attached hydrogen (secondary N) is 1. The lowest BCUT2D eigenvalue weighted by Crippen LogP contribution is -2.44. The van der Waals surface area contributed by atoms with Crippen molar-refractivity contribution >= 4 is 5.91 Å². The van der Waals surface area contributed by atoms with Gasteiger partial charge in [-0.3, -0.25) is 4.79 Å². The second-order valence-electron chi connectivity index (χ2n) is 6.76. The molecule has 1 saturated carbocycles. The van der Waals surface area contributed by atoms with E-state index in [-0.39, 0.29) is 18.6 Å². The molecule has 1 aliphatic rings. The summed E-state index contributed by atoms with van der Waals surface area (Å²) >= 11 is 0. The maximum atomic E-state index is 12.4. The number of rotatable bonds is 7. The Morgan fingerprint density at radius 1 is 1.48 bits per heavy atom. The molecule has 0 saturated heterocycles. The minimum Gasteiger partial charge on any atom is -0.466 e. The largest absolute Gasteiger partial charge is 0.466 e. The molecule has 2 N–H and O–H groups in total. The zero-order valence-electron chi connectivity index (χ0n) is 14.6. The Kier molecular flexibility index (Phi) is 5.87. The molecule has 1 fully saturated rings. The fourth-order valence-electron chi connectivity index (χ4n) is 3.23. The molecular weight excluding hydrogens is 294 g/mol. The van der Waals surface area contributed by atoms with Crippen LogP contribution in [0.5, 0.6) is 0 Å². The van der Waals surface area contributed by atoms with Gasteiger partial charge in [-0.05, 0) is 46.1 Å². The molecule has 5 nitrogen and oxygen atoms in total. The Balaban J connectivity index is 1.92. The molecule has 5 heteroatoms. The first-order valence-corrected chi connectivity index (χ1v) is 8.56. The van der Waals surface area contributed by atoms with Gasteiger partial charge in [-0.2, -0.15) is 0 Å². The van der Waals surface area contributed by atoms with Gasteiger partial charge in [-0.1, -0.05) is 19.8 Å². The van der Waals surface area contributed by atoms with Crippen LogP contribution >= 0.6 is 0 Å². The highest BCUT2D eigenvalue weighted by atomic mass is 16.5. The van der Waals surface area contributed by atoms with E-state index in [0.29, 0.717) is 17.7 Å². The van der Waals surface area contributed by atoms with Gasteiger partial charge in [-0.25, -0.2) is 0 Å². The van der Waals surface area contributed by atoms with Gasteiger partial charge in [0.05, 0.1) is 12.6 Å². The number of aliphatic hydroxyl groups is 1. The van der Waals surface area contributed by atoms with Crippen LogP contribution in [-0.2, 0) is 15.1 Å². The number of hydrogen-bond donors (Lipinski definition) is 2. The normalized spacial score (nSPS) is 19.5. The molecule has 0 bridgehead atoms. The lowest BCUT2D eigenvalue weighted by molar-refractivity contribution is -0.138. The predicted octanol–water partition coefficient (Wildman–Crippen LogP) is 2.96. The van der Waals surface area contributed by atoms with Gasteiger partial charge in [0.15, 0.2) is 0 Å². The third kappa shape index (κ3) is 4.58. The van der Waals surface area contributed by atoms with Crippen molar-refractivity contribution in [1.29, 1.82) is 0 Å². The van der Waals surface area contributed by atoms with Crippen LogP contribution in [0, 0.1) is 13.8 Å². The third-order valence-corrected chi connectivity index (χ3v) is 4.55. The van der Waals surface area contributed by atoms with E-state index in [9.17, 15) is 9.90 Å². The highest BCUT2D eigenvalue weighted by Crippen LogP contribution is 2.27. The summed E-state index contributed by atoms with van der Waals surface area (Å²) in [5, 5.41) is 13.5. The maximum absolute atomic E-state index is 12.4. The lowest BCUT2D eigenvalue weighted by Gasteiger charge is -2.26. The Hall–Kier alpha value is -1.33. The van der Waals surface area contributed by atoms with Gasteiger partial charge in [0.1, 0.15) is 23.2 Å². The molecule has 0 aliphatic heterocycles. The SMILES string of the molecule is CCC(OC1CCCC1)C(=O)NCC(C)(O)c1cc(C)oc1C. The number of ether oxygens (including phenoxy) is 1. The van der Waals surface area contributed by atoms with E-state index in [1.165, 1.54) is 12.8 Å². The first-order chi connectivity index (χ1) is 10.8. The second-order valence-corrected chi connectivity index (χ2v) is 6.76. The second kappa shape index (κ2) is 7.49. The van der Waals surface area contributed by atoms with Gasteiger partial charge in [0.2, 0.25) is 5.91 Å². The third-order valence-electron chi connectivity index (χ3n) is 4.55. The Morgan fingerprint density at radius 2 is 2.13 bits per heavy atom. The van der Waals surface area contributed by atoms with E-state index in [1.807, 2.05) is 26.8 Å². The molecule has 1 aromatic heterocycles. The quantitative estimate of drug-likeness (QED) is 0.809. The summed E-state index contributed by atoms with van der Waals surface area (Å²) in [6.45, 7) is 7.42. The predicted molar refractivity (Wildman–Crippen MR) is 88.2 cm³/mol. The molecular formula is C18H29NO4. The molecule has 23 heavy (non-hydrogen) atoms. The summed E-state index contributed by atoms with van der Waals surface area (Å²) in [6, 6.07) is 1.81. The van der Waals surface area contributed by atoms with Crippen molar-refractivity contribution in [2.75, 3.05) is 6.54 Å². The van der Waals surface area contributed by atoms with E-state index in [0.717, 1.165) is 18.6 Å². The number of aryl methyl sites for hydroxylation is 2. The molecule has 1 amide bonds. The lowest BCUT2D eigenvalue weighted by atomic mass is 9.96. The van der Waals surface area contributed by atoms with Gasteiger partial charge in [0.25, 0.3) is 0 Å². The van der Waals surface area contributed by atoms with E-state index in [4.69, 9.17) is 9.15 Å². The van der Waals surface area contributed by atoms with Crippen molar-refractivity contribution in [1.82, 2.24) is 5.32 Å². The number of carbonyl (C=O) groups excluding carboxylic acids is 1. The fourth-order valence-corrected chi connectivity index (χ4v) is 3.23. The van der Waals surface area contributed by atoms with Gasteiger partial charge < -0.3 is 19.6 Å². The van der Waals surface area contributed by atoms with Crippen LogP contribution in [0.2, 0.25) is 0 Å². The maximum Gasteiger partial charge on any atom is 0.249 e. The van der Waals surface area contributed by atoms with E-state index in [1.54, 1.807) is 6.92 Å². The average Bonchev–Trinajstić information content (AvgIpc) is 3.12. The van der Waals surface area contributed by atoms with Crippen LogP contribution in [0.3, 0.4) is 0 Å². The summed E-state index contributed by atoms with van der Waals surface area (Å²) in [5.41, 5.74) is -0.455. The average molecular weight is 323 g/mol. The Labute approximate surface area is 138 Å². The minimum absolute atomic E-state index is 0.135. The minimum atomic E-state index is -1.16. The van der Waals surface area contributed by atoms with Crippen molar-refractivity contribution in [3.8, 4) is 0 Å². The van der Waals surface area contributed by atoms with Gasteiger partial charge in [0, 0.05) is 5.56 Å². The van der Waals surface area contributed by atoms with Gasteiger partial charge in [-0.15, -0.1) is 0 Å². The summed E-state index contributed by atoms with van der Waals surface area (Å²) in [4.78, 5) is 12.4. The molecule has 0 radical (unpaired) electrons. The number of amides is 1. The van der Waals surface area contributed by atoms with Gasteiger partial charge >= 0.3 is 0 Å². The summed E-state index contributed by atoms with van der Waals surface area (Å²) < 4.78 is 11.4. The van der Waals surface area contributed by atoms with Crippen LogP contribution in [-0.4, -0.2) is 29.8 Å². The summed E-state index contributed by atoms with van der Waals surface area (Å²) in [7, 11) is 0. The number of furan rings is 1. The molecule has 130 valence electrons. The van der Waals surface area contributed by atoms with E-state index < -0.39 is 11.7 Å².